The molecule has 0 aliphatic rings. The van der Waals surface area contributed by atoms with E-state index in [9.17, 15) is 5.11 Å². The summed E-state index contributed by atoms with van der Waals surface area (Å²) in [6, 6.07) is 14.4. The van der Waals surface area contributed by atoms with E-state index in [0.29, 0.717) is 19.3 Å². The van der Waals surface area contributed by atoms with Crippen LogP contribution < -0.4 is 0 Å². The molecule has 0 aromatic heterocycles. The Morgan fingerprint density at radius 3 is 2.71 bits per heavy atom. The monoisotopic (exact) mass is 224 g/mol. The zero-order valence-corrected chi connectivity index (χ0v) is 9.76. The number of hydrogen-bond donors (Lipinski definition) is 1. The first-order chi connectivity index (χ1) is 8.31. The van der Waals surface area contributed by atoms with Crippen LogP contribution in [0.1, 0.15) is 18.4 Å². The molecule has 0 saturated carbocycles. The molecule has 0 radical (unpaired) electrons. The molecule has 17 heavy (non-hydrogen) atoms. The molecule has 1 N–H and O–H groups in total. The molecule has 0 aliphatic carbocycles. The Hall–Kier alpha value is -1.78. The first kappa shape index (κ1) is 11.7. The Balaban J connectivity index is 2.21. The fourth-order valence-corrected chi connectivity index (χ4v) is 2.08. The van der Waals surface area contributed by atoms with Crippen molar-refractivity contribution < 1.29 is 5.11 Å². The number of benzene rings is 2. The van der Waals surface area contributed by atoms with Gasteiger partial charge in [0, 0.05) is 6.42 Å². The maximum atomic E-state index is 9.90. The van der Waals surface area contributed by atoms with Crippen molar-refractivity contribution in [2.75, 3.05) is 0 Å². The number of aliphatic hydroxyl groups is 1. The highest BCUT2D eigenvalue weighted by atomic mass is 16.3. The van der Waals surface area contributed by atoms with Crippen LogP contribution in [0.15, 0.2) is 42.5 Å². The predicted octanol–water partition coefficient (Wildman–Crippen LogP) is 3.16. The van der Waals surface area contributed by atoms with Gasteiger partial charge in [-0.3, -0.25) is 0 Å². The molecular weight excluding hydrogens is 208 g/mol. The Labute approximate surface area is 102 Å². The topological polar surface area (TPSA) is 20.2 Å². The Kier molecular flexibility index (Phi) is 3.80. The van der Waals surface area contributed by atoms with Gasteiger partial charge in [0.1, 0.15) is 0 Å². The molecule has 0 saturated heterocycles. The van der Waals surface area contributed by atoms with E-state index < -0.39 is 0 Å². The van der Waals surface area contributed by atoms with Crippen LogP contribution in [0, 0.1) is 12.3 Å². The smallest absolute Gasteiger partial charge is 0.0589 e. The maximum Gasteiger partial charge on any atom is 0.0589 e. The summed E-state index contributed by atoms with van der Waals surface area (Å²) in [6.07, 6.45) is 6.82. The molecule has 0 bridgehead atoms. The van der Waals surface area contributed by atoms with Crippen LogP contribution in [0.4, 0.5) is 0 Å². The third-order valence-corrected chi connectivity index (χ3v) is 2.96. The second-order valence-corrected chi connectivity index (χ2v) is 4.24. The maximum absolute atomic E-state index is 9.90. The van der Waals surface area contributed by atoms with E-state index in [-0.39, 0.29) is 6.10 Å². The average Bonchev–Trinajstić information content (AvgIpc) is 2.37. The Morgan fingerprint density at radius 2 is 1.88 bits per heavy atom. The van der Waals surface area contributed by atoms with Gasteiger partial charge >= 0.3 is 0 Å². The Bertz CT molecular complexity index is 531. The third kappa shape index (κ3) is 2.87. The molecule has 1 heteroatoms. The molecule has 1 unspecified atom stereocenters. The standard InChI is InChI=1S/C16H16O/c1-2-3-10-15(17)12-14-9-6-8-13-7-4-5-11-16(13)14/h1,4-9,11,15,17H,3,10,12H2. The Morgan fingerprint density at radius 1 is 1.12 bits per heavy atom. The lowest BCUT2D eigenvalue weighted by Crippen LogP contribution is -2.10. The van der Waals surface area contributed by atoms with Gasteiger partial charge in [-0.15, -0.1) is 12.3 Å². The first-order valence-electron chi connectivity index (χ1n) is 5.89. The lowest BCUT2D eigenvalue weighted by atomic mass is 9.98. The van der Waals surface area contributed by atoms with Crippen LogP contribution in [-0.4, -0.2) is 11.2 Å². The largest absolute Gasteiger partial charge is 0.393 e. The minimum absolute atomic E-state index is 0.350. The van der Waals surface area contributed by atoms with E-state index in [2.05, 4.69) is 30.2 Å². The molecular formula is C16H16O. The molecule has 2 rings (SSSR count). The van der Waals surface area contributed by atoms with E-state index in [4.69, 9.17) is 6.42 Å². The molecule has 1 nitrogen and oxygen atoms in total. The number of fused-ring (bicyclic) bond motifs is 1. The zero-order valence-electron chi connectivity index (χ0n) is 9.76. The highest BCUT2D eigenvalue weighted by molar-refractivity contribution is 5.85. The number of rotatable bonds is 4. The number of hydrogen-bond acceptors (Lipinski definition) is 1. The van der Waals surface area contributed by atoms with Gasteiger partial charge in [0.2, 0.25) is 0 Å². The van der Waals surface area contributed by atoms with Crippen molar-refractivity contribution in [2.45, 2.75) is 25.4 Å². The van der Waals surface area contributed by atoms with Crippen molar-refractivity contribution in [3.05, 3.63) is 48.0 Å². The predicted molar refractivity (Wildman–Crippen MR) is 71.7 cm³/mol. The van der Waals surface area contributed by atoms with Gasteiger partial charge in [0.25, 0.3) is 0 Å². The van der Waals surface area contributed by atoms with Crippen LogP contribution in [0.3, 0.4) is 0 Å². The third-order valence-electron chi connectivity index (χ3n) is 2.96. The van der Waals surface area contributed by atoms with Gasteiger partial charge in [-0.05, 0) is 29.2 Å². The molecule has 1 atom stereocenters. The first-order valence-corrected chi connectivity index (χ1v) is 5.89. The summed E-state index contributed by atoms with van der Waals surface area (Å²) in [6.45, 7) is 0. The average molecular weight is 224 g/mol. The van der Waals surface area contributed by atoms with Crippen LogP contribution >= 0.6 is 0 Å². The van der Waals surface area contributed by atoms with Crippen LogP contribution in [0.5, 0.6) is 0 Å². The minimum atomic E-state index is -0.350. The summed E-state index contributed by atoms with van der Waals surface area (Å²) < 4.78 is 0. The van der Waals surface area contributed by atoms with Crippen molar-refractivity contribution in [2.24, 2.45) is 0 Å². The second-order valence-electron chi connectivity index (χ2n) is 4.24. The highest BCUT2D eigenvalue weighted by Gasteiger charge is 2.07. The zero-order chi connectivity index (χ0) is 12.1. The molecule has 2 aromatic rings. The fourth-order valence-electron chi connectivity index (χ4n) is 2.08. The summed E-state index contributed by atoms with van der Waals surface area (Å²) in [5.74, 6) is 2.56. The second kappa shape index (κ2) is 5.52. The highest BCUT2D eigenvalue weighted by Crippen LogP contribution is 2.20. The summed E-state index contributed by atoms with van der Waals surface area (Å²) in [7, 11) is 0. The molecule has 0 aliphatic heterocycles. The van der Waals surface area contributed by atoms with Crippen molar-refractivity contribution in [3.63, 3.8) is 0 Å². The SMILES string of the molecule is C#CCCC(O)Cc1cccc2ccccc12. The van der Waals surface area contributed by atoms with Gasteiger partial charge in [-0.2, -0.15) is 0 Å². The van der Waals surface area contributed by atoms with E-state index >= 15 is 0 Å². The normalized spacial score (nSPS) is 12.2. The van der Waals surface area contributed by atoms with E-state index in [0.717, 1.165) is 0 Å². The van der Waals surface area contributed by atoms with Gasteiger partial charge in [-0.1, -0.05) is 42.5 Å². The fraction of sp³-hybridized carbons (Fsp3) is 0.250. The molecule has 2 aromatic carbocycles. The van der Waals surface area contributed by atoms with Gasteiger partial charge in [-0.25, -0.2) is 0 Å². The van der Waals surface area contributed by atoms with Gasteiger partial charge in [0.15, 0.2) is 0 Å². The quantitative estimate of drug-likeness (QED) is 0.791. The lowest BCUT2D eigenvalue weighted by molar-refractivity contribution is 0.167. The van der Waals surface area contributed by atoms with E-state index in [1.165, 1.54) is 16.3 Å². The molecule has 0 amide bonds. The number of aliphatic hydroxyl groups excluding tert-OH is 1. The lowest BCUT2D eigenvalue weighted by Gasteiger charge is -2.11. The van der Waals surface area contributed by atoms with Crippen LogP contribution in [0.2, 0.25) is 0 Å². The summed E-state index contributed by atoms with van der Waals surface area (Å²) in [5.41, 5.74) is 1.19. The summed E-state index contributed by atoms with van der Waals surface area (Å²) >= 11 is 0. The molecule has 0 fully saturated rings. The number of terminal acetylenes is 1. The van der Waals surface area contributed by atoms with Gasteiger partial charge < -0.3 is 5.11 Å². The molecule has 0 spiro atoms. The van der Waals surface area contributed by atoms with Gasteiger partial charge in [0.05, 0.1) is 6.10 Å². The van der Waals surface area contributed by atoms with Crippen LogP contribution in [-0.2, 0) is 6.42 Å². The van der Waals surface area contributed by atoms with Crippen LogP contribution in [0.25, 0.3) is 10.8 Å². The summed E-state index contributed by atoms with van der Waals surface area (Å²) in [4.78, 5) is 0. The minimum Gasteiger partial charge on any atom is -0.393 e. The van der Waals surface area contributed by atoms with E-state index in [1.807, 2.05) is 18.2 Å². The molecule has 0 heterocycles. The molecule has 86 valence electrons. The van der Waals surface area contributed by atoms with Crippen molar-refractivity contribution in [1.29, 1.82) is 0 Å². The van der Waals surface area contributed by atoms with Crippen molar-refractivity contribution in [3.8, 4) is 12.3 Å². The van der Waals surface area contributed by atoms with Crippen molar-refractivity contribution in [1.82, 2.24) is 0 Å². The van der Waals surface area contributed by atoms with Crippen molar-refractivity contribution >= 4 is 10.8 Å². The summed E-state index contributed by atoms with van der Waals surface area (Å²) in [5, 5.41) is 12.3. The van der Waals surface area contributed by atoms with E-state index in [1.54, 1.807) is 0 Å².